The zero-order valence-corrected chi connectivity index (χ0v) is 62.7. The molecule has 93 heavy (non-hydrogen) atoms. The molecule has 0 radical (unpaired) electrons. The molecule has 17 nitrogen and oxygen atoms in total. The quantitative estimate of drug-likeness (QED) is 0.0222. The summed E-state index contributed by atoms with van der Waals surface area (Å²) in [4.78, 5) is 72.7. The lowest BCUT2D eigenvalue weighted by molar-refractivity contribution is -0.161. The summed E-state index contributed by atoms with van der Waals surface area (Å²) in [7, 11) is -9.91. The Morgan fingerprint density at radius 3 is 0.667 bits per heavy atom. The Balaban J connectivity index is 5.26. The van der Waals surface area contributed by atoms with Gasteiger partial charge < -0.3 is 33.8 Å². The minimum atomic E-state index is -4.96. The summed E-state index contributed by atoms with van der Waals surface area (Å²) in [5.74, 6) is 0.899. The number of carbonyl (C=O) groups is 4. The van der Waals surface area contributed by atoms with Crippen LogP contribution in [-0.4, -0.2) is 96.7 Å². The number of ether oxygens (including phenoxy) is 4. The van der Waals surface area contributed by atoms with Crippen LogP contribution < -0.4 is 0 Å². The van der Waals surface area contributed by atoms with Gasteiger partial charge in [-0.2, -0.15) is 0 Å². The third kappa shape index (κ3) is 68.4. The Bertz CT molecular complexity index is 1830. The van der Waals surface area contributed by atoms with Gasteiger partial charge in [0.2, 0.25) is 0 Å². The first-order valence-electron chi connectivity index (χ1n) is 38.2. The molecule has 0 amide bonds. The number of phosphoric ester groups is 2. The van der Waals surface area contributed by atoms with E-state index >= 15 is 0 Å². The molecule has 0 rings (SSSR count). The minimum Gasteiger partial charge on any atom is -0.462 e. The van der Waals surface area contributed by atoms with E-state index in [1.807, 2.05) is 0 Å². The average Bonchev–Trinajstić information content (AvgIpc) is 1.77. The minimum absolute atomic E-state index is 0.105. The second-order valence-corrected chi connectivity index (χ2v) is 31.5. The molecule has 3 N–H and O–H groups in total. The lowest BCUT2D eigenvalue weighted by Gasteiger charge is -2.21. The summed E-state index contributed by atoms with van der Waals surface area (Å²) < 4.78 is 68.5. The second-order valence-electron chi connectivity index (χ2n) is 28.6. The molecule has 0 fully saturated rings. The van der Waals surface area contributed by atoms with E-state index in [9.17, 15) is 43.2 Å². The highest BCUT2D eigenvalue weighted by Gasteiger charge is 2.30. The molecule has 0 aliphatic heterocycles. The smallest absolute Gasteiger partial charge is 0.462 e. The monoisotopic (exact) mass is 1370 g/mol. The lowest BCUT2D eigenvalue weighted by atomic mass is 10.0. The highest BCUT2D eigenvalue weighted by Crippen LogP contribution is 2.45. The molecule has 0 aliphatic rings. The van der Waals surface area contributed by atoms with E-state index in [-0.39, 0.29) is 25.7 Å². The van der Waals surface area contributed by atoms with Crippen molar-refractivity contribution in [3.05, 3.63) is 0 Å². The van der Waals surface area contributed by atoms with Gasteiger partial charge in [-0.3, -0.25) is 37.3 Å². The summed E-state index contributed by atoms with van der Waals surface area (Å²) in [6, 6.07) is 0. The Hall–Kier alpha value is -1.94. The molecule has 0 saturated heterocycles. The van der Waals surface area contributed by atoms with Crippen LogP contribution in [0, 0.1) is 23.7 Å². The highest BCUT2D eigenvalue weighted by molar-refractivity contribution is 7.47. The maximum atomic E-state index is 13.1. The molecule has 0 aromatic rings. The van der Waals surface area contributed by atoms with E-state index in [0.717, 1.165) is 114 Å². The normalized spacial score (nSPS) is 14.2. The molecule has 0 spiro atoms. The molecule has 3 unspecified atom stereocenters. The van der Waals surface area contributed by atoms with Crippen molar-refractivity contribution in [2.24, 2.45) is 23.7 Å². The fraction of sp³-hybridized carbons (Fsp3) is 0.946. The molecule has 0 heterocycles. The first-order chi connectivity index (χ1) is 44.6. The Kier molecular flexibility index (Phi) is 62.2. The fourth-order valence-electron chi connectivity index (χ4n) is 11.2. The predicted molar refractivity (Wildman–Crippen MR) is 377 cm³/mol. The maximum Gasteiger partial charge on any atom is 0.472 e. The van der Waals surface area contributed by atoms with Crippen LogP contribution in [0.2, 0.25) is 0 Å². The second kappa shape index (κ2) is 63.5. The highest BCUT2D eigenvalue weighted by atomic mass is 31.2. The van der Waals surface area contributed by atoms with Crippen LogP contribution in [0.15, 0.2) is 0 Å². The molecule has 0 aliphatic carbocycles. The number of carbonyl (C=O) groups excluding carboxylic acids is 4. The first kappa shape index (κ1) is 91.1. The SMILES string of the molecule is CC(C)CCCCCCCCCCCCCCCC(=O)O[C@H](COC(=O)CCCCCCCCCCCC(C)C)COP(=O)(O)OCC(O)COP(=O)(O)OC[C@@H](COC(=O)CCCCCCCCCCC(C)C)OC(=O)CCCCCCCCCCCCCC(C)C. The van der Waals surface area contributed by atoms with Crippen LogP contribution in [-0.2, 0) is 65.4 Å². The summed E-state index contributed by atoms with van der Waals surface area (Å²) in [5, 5.41) is 10.6. The van der Waals surface area contributed by atoms with Crippen molar-refractivity contribution in [3.63, 3.8) is 0 Å². The zero-order chi connectivity index (χ0) is 68.9. The third-order valence-corrected chi connectivity index (χ3v) is 19.0. The van der Waals surface area contributed by atoms with Gasteiger partial charge in [-0.1, -0.05) is 319 Å². The van der Waals surface area contributed by atoms with Crippen LogP contribution in [0.5, 0.6) is 0 Å². The molecule has 19 heteroatoms. The largest absolute Gasteiger partial charge is 0.472 e. The number of esters is 4. The van der Waals surface area contributed by atoms with Crippen molar-refractivity contribution in [3.8, 4) is 0 Å². The standard InChI is InChI=1S/C74H144O17P2/c1-64(2)50-42-34-26-18-13-10-9-11-15-21-32-40-48-56-73(78)90-69(60-84-71(76)54-46-38-30-23-17-20-28-36-44-52-66(5)6)62-88-92(80,81)86-58-68(75)59-87-93(82,83)89-63-70(61-85-72(77)55-47-39-31-25-24-29-37-45-53-67(7)8)91-74(79)57-49-41-33-22-16-12-14-19-27-35-43-51-65(3)4/h64-70,75H,9-63H2,1-8H3,(H,80,81)(H,82,83)/t68?,69-,70-/m1/s1. The topological polar surface area (TPSA) is 237 Å². The van der Waals surface area contributed by atoms with Gasteiger partial charge in [-0.15, -0.1) is 0 Å². The summed E-state index contributed by atoms with van der Waals surface area (Å²) in [6.07, 6.45) is 47.2. The van der Waals surface area contributed by atoms with Crippen LogP contribution in [0.4, 0.5) is 0 Å². The van der Waals surface area contributed by atoms with Gasteiger partial charge in [-0.05, 0) is 49.4 Å². The summed E-state index contributed by atoms with van der Waals surface area (Å²) in [6.45, 7) is 14.2. The van der Waals surface area contributed by atoms with Crippen LogP contribution in [0.3, 0.4) is 0 Å². The average molecular weight is 1370 g/mol. The maximum absolute atomic E-state index is 13.1. The molecular formula is C74H144O17P2. The predicted octanol–water partition coefficient (Wildman–Crippen LogP) is 21.3. The van der Waals surface area contributed by atoms with Crippen LogP contribution in [0.25, 0.3) is 0 Å². The molecular weight excluding hydrogens is 1220 g/mol. The number of phosphoric acid groups is 2. The van der Waals surface area contributed by atoms with Gasteiger partial charge >= 0.3 is 39.5 Å². The fourth-order valence-corrected chi connectivity index (χ4v) is 12.8. The number of aliphatic hydroxyl groups excluding tert-OH is 1. The van der Waals surface area contributed by atoms with Crippen molar-refractivity contribution in [2.45, 2.75) is 388 Å². The van der Waals surface area contributed by atoms with Gasteiger partial charge in [0.25, 0.3) is 0 Å². The van der Waals surface area contributed by atoms with Crippen LogP contribution >= 0.6 is 15.6 Å². The van der Waals surface area contributed by atoms with E-state index in [4.69, 9.17) is 37.0 Å². The Morgan fingerprint density at radius 2 is 0.452 bits per heavy atom. The van der Waals surface area contributed by atoms with Crippen molar-refractivity contribution in [1.29, 1.82) is 0 Å². The van der Waals surface area contributed by atoms with E-state index in [2.05, 4.69) is 55.4 Å². The van der Waals surface area contributed by atoms with E-state index in [1.54, 1.807) is 0 Å². The number of aliphatic hydroxyl groups is 1. The Labute approximate surface area is 568 Å². The van der Waals surface area contributed by atoms with E-state index in [1.165, 1.54) is 173 Å². The number of hydrogen-bond acceptors (Lipinski definition) is 15. The van der Waals surface area contributed by atoms with Crippen molar-refractivity contribution in [2.75, 3.05) is 39.6 Å². The molecule has 0 aromatic carbocycles. The molecule has 0 aromatic heterocycles. The van der Waals surface area contributed by atoms with Crippen molar-refractivity contribution < 1.29 is 80.2 Å². The van der Waals surface area contributed by atoms with E-state index < -0.39 is 97.5 Å². The van der Waals surface area contributed by atoms with Crippen molar-refractivity contribution in [1.82, 2.24) is 0 Å². The summed E-state index contributed by atoms with van der Waals surface area (Å²) >= 11 is 0. The van der Waals surface area contributed by atoms with E-state index in [0.29, 0.717) is 25.7 Å². The third-order valence-electron chi connectivity index (χ3n) is 17.1. The molecule has 0 bridgehead atoms. The van der Waals surface area contributed by atoms with Crippen LogP contribution in [0.1, 0.15) is 370 Å². The van der Waals surface area contributed by atoms with Gasteiger partial charge in [0.05, 0.1) is 26.4 Å². The summed E-state index contributed by atoms with van der Waals surface area (Å²) in [5.41, 5.74) is 0. The Morgan fingerprint density at radius 1 is 0.269 bits per heavy atom. The lowest BCUT2D eigenvalue weighted by Crippen LogP contribution is -2.30. The number of unbranched alkanes of at least 4 members (excludes halogenated alkanes) is 37. The van der Waals surface area contributed by atoms with Gasteiger partial charge in [0.1, 0.15) is 19.3 Å². The zero-order valence-electron chi connectivity index (χ0n) is 60.9. The molecule has 5 atom stereocenters. The van der Waals surface area contributed by atoms with Gasteiger partial charge in [0, 0.05) is 25.7 Å². The number of rotatable bonds is 71. The molecule has 552 valence electrons. The molecule has 0 saturated carbocycles. The first-order valence-corrected chi connectivity index (χ1v) is 41.2. The van der Waals surface area contributed by atoms with Crippen molar-refractivity contribution >= 4 is 39.5 Å². The van der Waals surface area contributed by atoms with Gasteiger partial charge in [-0.25, -0.2) is 9.13 Å². The van der Waals surface area contributed by atoms with Gasteiger partial charge in [0.15, 0.2) is 12.2 Å². The number of hydrogen-bond donors (Lipinski definition) is 3.